The Morgan fingerprint density at radius 3 is 2.77 bits per heavy atom. The number of nitrogens with zero attached hydrogens (tertiary/aromatic N) is 2. The van der Waals surface area contributed by atoms with E-state index in [4.69, 9.17) is 17.3 Å². The predicted molar refractivity (Wildman–Crippen MR) is 50.7 cm³/mol. The number of Topliss-reactive ketones (excluding diaryl/α,β-unsaturated/α-hetero) is 1. The van der Waals surface area contributed by atoms with Crippen LogP contribution in [0.5, 0.6) is 0 Å². The minimum atomic E-state index is -0.0342. The Morgan fingerprint density at radius 2 is 2.15 bits per heavy atom. The molecule has 0 unspecified atom stereocenters. The van der Waals surface area contributed by atoms with Crippen LogP contribution in [0.2, 0.25) is 0 Å². The molecular weight excluding hydrogens is 190 g/mol. The van der Waals surface area contributed by atoms with Crippen molar-refractivity contribution < 1.29 is 4.79 Å². The van der Waals surface area contributed by atoms with Gasteiger partial charge in [0.05, 0.1) is 23.6 Å². The number of hydrogen-bond acceptors (Lipinski definition) is 4. The van der Waals surface area contributed by atoms with Crippen molar-refractivity contribution in [3.63, 3.8) is 0 Å². The third-order valence-corrected chi connectivity index (χ3v) is 1.87. The maximum Gasteiger partial charge on any atom is 0.166 e. The van der Waals surface area contributed by atoms with E-state index in [0.29, 0.717) is 30.0 Å². The van der Waals surface area contributed by atoms with E-state index in [1.54, 1.807) is 0 Å². The number of hydrogen-bond donors (Lipinski definition) is 1. The zero-order valence-electron chi connectivity index (χ0n) is 7.03. The van der Waals surface area contributed by atoms with Crippen LogP contribution >= 0.6 is 11.6 Å². The summed E-state index contributed by atoms with van der Waals surface area (Å²) in [6.45, 7) is 0. The molecule has 0 radical (unpaired) electrons. The predicted octanol–water partition coefficient (Wildman–Crippen LogP) is 1.26. The second kappa shape index (κ2) is 4.77. The molecular formula is C8H10ClN3O. The minimum absolute atomic E-state index is 0.0342. The van der Waals surface area contributed by atoms with Crippen LogP contribution in [0.1, 0.15) is 23.2 Å². The second-order valence-corrected chi connectivity index (χ2v) is 2.95. The normalized spacial score (nSPS) is 9.92. The molecule has 1 rings (SSSR count). The third kappa shape index (κ3) is 2.66. The summed E-state index contributed by atoms with van der Waals surface area (Å²) < 4.78 is 0. The molecule has 13 heavy (non-hydrogen) atoms. The van der Waals surface area contributed by atoms with Crippen molar-refractivity contribution in [1.82, 2.24) is 10.2 Å². The number of carbonyl (C=O) groups excluding carboxylic acids is 1. The van der Waals surface area contributed by atoms with Crippen molar-refractivity contribution in [3.05, 3.63) is 18.0 Å². The second-order valence-electron chi connectivity index (χ2n) is 2.57. The molecule has 5 heteroatoms. The van der Waals surface area contributed by atoms with Gasteiger partial charge in [-0.15, -0.1) is 11.6 Å². The molecule has 70 valence electrons. The molecule has 0 aliphatic carbocycles. The molecule has 0 saturated carbocycles. The van der Waals surface area contributed by atoms with Gasteiger partial charge in [0.1, 0.15) is 0 Å². The Balaban J connectivity index is 2.71. The average molecular weight is 200 g/mol. The number of rotatable bonds is 4. The van der Waals surface area contributed by atoms with Gasteiger partial charge in [0, 0.05) is 12.3 Å². The van der Waals surface area contributed by atoms with Gasteiger partial charge in [-0.05, 0) is 6.42 Å². The third-order valence-electron chi connectivity index (χ3n) is 1.60. The van der Waals surface area contributed by atoms with Crippen LogP contribution in [0.15, 0.2) is 12.4 Å². The lowest BCUT2D eigenvalue weighted by atomic mass is 10.1. The highest BCUT2D eigenvalue weighted by atomic mass is 35.5. The molecule has 0 fully saturated rings. The largest absolute Gasteiger partial charge is 0.397 e. The Bertz CT molecular complexity index is 303. The molecule has 4 nitrogen and oxygen atoms in total. The molecule has 0 aromatic carbocycles. The van der Waals surface area contributed by atoms with E-state index in [9.17, 15) is 4.79 Å². The van der Waals surface area contributed by atoms with Gasteiger partial charge < -0.3 is 5.73 Å². The van der Waals surface area contributed by atoms with E-state index >= 15 is 0 Å². The van der Waals surface area contributed by atoms with Crippen LogP contribution in [-0.4, -0.2) is 21.9 Å². The summed E-state index contributed by atoms with van der Waals surface area (Å²) in [6.07, 6.45) is 3.81. The fourth-order valence-electron chi connectivity index (χ4n) is 0.926. The van der Waals surface area contributed by atoms with Gasteiger partial charge in [0.2, 0.25) is 0 Å². The van der Waals surface area contributed by atoms with Crippen molar-refractivity contribution in [2.45, 2.75) is 12.8 Å². The SMILES string of the molecule is Nc1cnncc1C(=O)CCCCl. The number of alkyl halides is 1. The molecule has 0 atom stereocenters. The van der Waals surface area contributed by atoms with Gasteiger partial charge in [-0.25, -0.2) is 0 Å². The number of ketones is 1. The maximum absolute atomic E-state index is 11.4. The molecule has 0 aliphatic rings. The van der Waals surface area contributed by atoms with E-state index in [0.717, 1.165) is 0 Å². The van der Waals surface area contributed by atoms with Crippen molar-refractivity contribution in [1.29, 1.82) is 0 Å². The molecule has 1 heterocycles. The Morgan fingerprint density at radius 1 is 1.46 bits per heavy atom. The van der Waals surface area contributed by atoms with Crippen molar-refractivity contribution in [3.8, 4) is 0 Å². The topological polar surface area (TPSA) is 68.9 Å². The van der Waals surface area contributed by atoms with Gasteiger partial charge in [0.25, 0.3) is 0 Å². The zero-order chi connectivity index (χ0) is 9.68. The number of nitrogens with two attached hydrogens (primary N) is 1. The number of halogens is 1. The summed E-state index contributed by atoms with van der Waals surface area (Å²) in [5.74, 6) is 0.442. The van der Waals surface area contributed by atoms with E-state index in [-0.39, 0.29) is 5.78 Å². The molecule has 2 N–H and O–H groups in total. The molecule has 0 bridgehead atoms. The lowest BCUT2D eigenvalue weighted by molar-refractivity contribution is 0.0982. The lowest BCUT2D eigenvalue weighted by Crippen LogP contribution is -2.05. The fraction of sp³-hybridized carbons (Fsp3) is 0.375. The quantitative estimate of drug-likeness (QED) is 0.586. The summed E-state index contributed by atoms with van der Waals surface area (Å²) in [5.41, 5.74) is 6.34. The monoisotopic (exact) mass is 199 g/mol. The highest BCUT2D eigenvalue weighted by Crippen LogP contribution is 2.11. The summed E-state index contributed by atoms with van der Waals surface area (Å²) in [6, 6.07) is 0. The van der Waals surface area contributed by atoms with E-state index in [1.165, 1.54) is 12.4 Å². The van der Waals surface area contributed by atoms with Crippen LogP contribution in [0, 0.1) is 0 Å². The Kier molecular flexibility index (Phi) is 3.64. The van der Waals surface area contributed by atoms with Crippen molar-refractivity contribution in [2.24, 2.45) is 0 Å². The van der Waals surface area contributed by atoms with Gasteiger partial charge in [0.15, 0.2) is 5.78 Å². The van der Waals surface area contributed by atoms with Crippen LogP contribution in [-0.2, 0) is 0 Å². The van der Waals surface area contributed by atoms with Crippen molar-refractivity contribution >= 4 is 23.1 Å². The first-order valence-corrected chi connectivity index (χ1v) is 4.44. The summed E-state index contributed by atoms with van der Waals surface area (Å²) >= 11 is 5.46. The molecule has 0 spiro atoms. The molecule has 0 saturated heterocycles. The van der Waals surface area contributed by atoms with Gasteiger partial charge in [-0.3, -0.25) is 4.79 Å². The van der Waals surface area contributed by atoms with Gasteiger partial charge in [-0.1, -0.05) is 0 Å². The number of anilines is 1. The highest BCUT2D eigenvalue weighted by molar-refractivity contribution is 6.18. The van der Waals surface area contributed by atoms with Crippen LogP contribution in [0.3, 0.4) is 0 Å². The van der Waals surface area contributed by atoms with Gasteiger partial charge in [-0.2, -0.15) is 10.2 Å². The van der Waals surface area contributed by atoms with E-state index in [1.807, 2.05) is 0 Å². The number of aromatic nitrogens is 2. The first-order chi connectivity index (χ1) is 6.25. The Labute approximate surface area is 81.1 Å². The summed E-state index contributed by atoms with van der Waals surface area (Å²) in [4.78, 5) is 11.4. The zero-order valence-corrected chi connectivity index (χ0v) is 7.79. The van der Waals surface area contributed by atoms with E-state index in [2.05, 4.69) is 10.2 Å². The smallest absolute Gasteiger partial charge is 0.166 e. The highest BCUT2D eigenvalue weighted by Gasteiger charge is 2.08. The molecule has 0 aliphatic heterocycles. The minimum Gasteiger partial charge on any atom is -0.397 e. The average Bonchev–Trinajstić information content (AvgIpc) is 2.15. The molecule has 0 amide bonds. The molecule has 1 aromatic heterocycles. The molecule has 1 aromatic rings. The van der Waals surface area contributed by atoms with E-state index < -0.39 is 0 Å². The van der Waals surface area contributed by atoms with Crippen LogP contribution in [0.25, 0.3) is 0 Å². The first-order valence-electron chi connectivity index (χ1n) is 3.91. The van der Waals surface area contributed by atoms with Gasteiger partial charge >= 0.3 is 0 Å². The summed E-state index contributed by atoms with van der Waals surface area (Å²) in [5, 5.41) is 7.15. The van der Waals surface area contributed by atoms with Crippen LogP contribution < -0.4 is 5.73 Å². The fourth-order valence-corrected chi connectivity index (χ4v) is 1.06. The number of nitrogen functional groups attached to an aromatic ring is 1. The summed E-state index contributed by atoms with van der Waals surface area (Å²) in [7, 11) is 0. The Hall–Kier alpha value is -1.16. The number of carbonyl (C=O) groups is 1. The van der Waals surface area contributed by atoms with Crippen molar-refractivity contribution in [2.75, 3.05) is 11.6 Å². The first kappa shape index (κ1) is 9.92. The maximum atomic E-state index is 11.4. The van der Waals surface area contributed by atoms with Crippen LogP contribution in [0.4, 0.5) is 5.69 Å². The lowest BCUT2D eigenvalue weighted by Gasteiger charge is -2.00. The standard InChI is InChI=1S/C8H10ClN3O/c9-3-1-2-8(13)6-4-11-12-5-7(6)10/h4-5H,1-3H2,(H2,10,11).